The quantitative estimate of drug-likeness (QED) is 0.525. The third kappa shape index (κ3) is 5.16. The van der Waals surface area contributed by atoms with Gasteiger partial charge in [-0.15, -0.1) is 0 Å². The zero-order valence-corrected chi connectivity index (χ0v) is 15.4. The van der Waals surface area contributed by atoms with Gasteiger partial charge in [0.2, 0.25) is 0 Å². The van der Waals surface area contributed by atoms with E-state index in [2.05, 4.69) is 15.6 Å². The maximum Gasteiger partial charge on any atom is 0.270 e. The van der Waals surface area contributed by atoms with Crippen molar-refractivity contribution in [1.82, 2.24) is 10.3 Å². The predicted octanol–water partition coefficient (Wildman–Crippen LogP) is 0.273. The van der Waals surface area contributed by atoms with Crippen molar-refractivity contribution in [3.05, 3.63) is 47.2 Å². The normalized spacial score (nSPS) is 10.9. The van der Waals surface area contributed by atoms with Crippen LogP contribution in [0, 0.1) is 11.3 Å². The van der Waals surface area contributed by atoms with E-state index in [1.807, 2.05) is 6.07 Å². The molecule has 1 heterocycles. The Balaban J connectivity index is 2.14. The van der Waals surface area contributed by atoms with Crippen molar-refractivity contribution in [3.8, 4) is 6.07 Å². The van der Waals surface area contributed by atoms with Crippen molar-refractivity contribution in [3.63, 3.8) is 0 Å². The van der Waals surface area contributed by atoms with Crippen LogP contribution in [0.15, 0.2) is 35.2 Å². The van der Waals surface area contributed by atoms with E-state index in [1.54, 1.807) is 12.1 Å². The van der Waals surface area contributed by atoms with Crippen molar-refractivity contribution < 1.29 is 18.3 Å². The predicted molar refractivity (Wildman–Crippen MR) is 99.7 cm³/mol. The minimum Gasteiger partial charge on any atom is -0.397 e. The maximum atomic E-state index is 12.3. The molecule has 0 radical (unpaired) electrons. The van der Waals surface area contributed by atoms with Gasteiger partial charge in [-0.2, -0.15) is 5.26 Å². The molecular weight excluding hydrogens is 370 g/mol. The van der Waals surface area contributed by atoms with Gasteiger partial charge in [0.1, 0.15) is 23.1 Å². The summed E-state index contributed by atoms with van der Waals surface area (Å²) in [5.41, 5.74) is 6.71. The molecule has 142 valence electrons. The first-order chi connectivity index (χ1) is 12.8. The molecule has 9 nitrogen and oxygen atoms in total. The van der Waals surface area contributed by atoms with E-state index in [0.717, 1.165) is 6.26 Å². The van der Waals surface area contributed by atoms with Crippen LogP contribution >= 0.6 is 0 Å². The van der Waals surface area contributed by atoms with E-state index in [9.17, 15) is 13.2 Å². The van der Waals surface area contributed by atoms with Crippen LogP contribution in [-0.2, 0) is 16.4 Å². The molecule has 0 bridgehead atoms. The molecule has 1 aromatic carbocycles. The maximum absolute atomic E-state index is 12.3. The summed E-state index contributed by atoms with van der Waals surface area (Å²) in [5.74, 6) is -0.389. The molecule has 0 aliphatic carbocycles. The molecule has 27 heavy (non-hydrogen) atoms. The second kappa shape index (κ2) is 8.48. The van der Waals surface area contributed by atoms with Crippen molar-refractivity contribution in [2.24, 2.45) is 0 Å². The number of hydrogen-bond donors (Lipinski definition) is 4. The number of aliphatic hydroxyl groups is 1. The second-order valence-corrected chi connectivity index (χ2v) is 7.70. The molecule has 1 amide bonds. The fourth-order valence-electron chi connectivity index (χ4n) is 2.23. The highest BCUT2D eigenvalue weighted by Crippen LogP contribution is 2.20. The van der Waals surface area contributed by atoms with Gasteiger partial charge in [-0.3, -0.25) is 4.79 Å². The Hall–Kier alpha value is -3.16. The molecule has 5 N–H and O–H groups in total. The number of sulfone groups is 1. The molecule has 0 saturated carbocycles. The molecule has 0 fully saturated rings. The van der Waals surface area contributed by atoms with Gasteiger partial charge in [-0.1, -0.05) is 12.1 Å². The van der Waals surface area contributed by atoms with Gasteiger partial charge < -0.3 is 21.5 Å². The van der Waals surface area contributed by atoms with Crippen LogP contribution in [0.25, 0.3) is 0 Å². The van der Waals surface area contributed by atoms with Gasteiger partial charge in [0.15, 0.2) is 9.84 Å². The highest BCUT2D eigenvalue weighted by molar-refractivity contribution is 7.90. The van der Waals surface area contributed by atoms with E-state index in [4.69, 9.17) is 16.1 Å². The Bertz CT molecular complexity index is 982. The van der Waals surface area contributed by atoms with E-state index in [1.165, 1.54) is 18.2 Å². The fourth-order valence-corrected chi connectivity index (χ4v) is 2.86. The average molecular weight is 389 g/mol. The molecule has 0 spiro atoms. The number of nitrogens with two attached hydrogens (primary N) is 1. The van der Waals surface area contributed by atoms with E-state index in [-0.39, 0.29) is 47.4 Å². The van der Waals surface area contributed by atoms with Crippen LogP contribution in [0.5, 0.6) is 0 Å². The lowest BCUT2D eigenvalue weighted by molar-refractivity contribution is 0.0946. The van der Waals surface area contributed by atoms with Crippen LogP contribution in [0.4, 0.5) is 11.5 Å². The summed E-state index contributed by atoms with van der Waals surface area (Å²) < 4.78 is 22.9. The highest BCUT2D eigenvalue weighted by atomic mass is 32.2. The number of nitrogens with zero attached hydrogens (tertiary/aromatic N) is 2. The van der Waals surface area contributed by atoms with Crippen molar-refractivity contribution in [2.45, 2.75) is 11.4 Å². The number of aromatic nitrogens is 1. The van der Waals surface area contributed by atoms with Crippen molar-refractivity contribution in [1.29, 1.82) is 5.26 Å². The molecule has 0 aliphatic rings. The largest absolute Gasteiger partial charge is 0.397 e. The molecule has 0 unspecified atom stereocenters. The molecule has 0 saturated heterocycles. The molecule has 0 atom stereocenters. The van der Waals surface area contributed by atoms with Gasteiger partial charge in [0, 0.05) is 19.3 Å². The van der Waals surface area contributed by atoms with Crippen molar-refractivity contribution >= 4 is 27.2 Å². The van der Waals surface area contributed by atoms with Crippen LogP contribution < -0.4 is 16.4 Å². The second-order valence-electron chi connectivity index (χ2n) is 5.68. The number of amides is 1. The first-order valence-electron chi connectivity index (χ1n) is 7.88. The first kappa shape index (κ1) is 20.2. The average Bonchev–Trinajstić information content (AvgIpc) is 2.63. The Morgan fingerprint density at radius 1 is 1.33 bits per heavy atom. The SMILES string of the molecule is CS(=O)(=O)c1ccc(CNC(=O)c2cc(N)c(C#N)c(NCCO)n2)cc1. The number of carbonyl (C=O) groups excluding carboxylic acids is 1. The van der Waals surface area contributed by atoms with Gasteiger partial charge >= 0.3 is 0 Å². The van der Waals surface area contributed by atoms with Crippen LogP contribution in [0.3, 0.4) is 0 Å². The number of nitriles is 1. The number of nitrogens with one attached hydrogen (secondary N) is 2. The molecule has 1 aromatic heterocycles. The monoisotopic (exact) mass is 389 g/mol. The number of pyridine rings is 1. The van der Waals surface area contributed by atoms with Gasteiger partial charge in [0.25, 0.3) is 5.91 Å². The number of anilines is 2. The van der Waals surface area contributed by atoms with Gasteiger partial charge in [0.05, 0.1) is 17.2 Å². The fraction of sp³-hybridized carbons (Fsp3) is 0.235. The number of benzene rings is 1. The third-order valence-corrected chi connectivity index (χ3v) is 4.73. The Morgan fingerprint density at radius 2 is 2.00 bits per heavy atom. The first-order valence-corrected chi connectivity index (χ1v) is 9.78. The Kier molecular flexibility index (Phi) is 6.33. The number of hydrogen-bond acceptors (Lipinski definition) is 8. The summed E-state index contributed by atoms with van der Waals surface area (Å²) in [7, 11) is -3.28. The molecule has 10 heteroatoms. The lowest BCUT2D eigenvalue weighted by atomic mass is 10.2. The zero-order valence-electron chi connectivity index (χ0n) is 14.6. The van der Waals surface area contributed by atoms with Gasteiger partial charge in [-0.25, -0.2) is 13.4 Å². The molecular formula is C17H19N5O4S. The third-order valence-electron chi connectivity index (χ3n) is 3.60. The topological polar surface area (TPSA) is 158 Å². The smallest absolute Gasteiger partial charge is 0.270 e. The van der Waals surface area contributed by atoms with E-state index in [0.29, 0.717) is 5.56 Å². The minimum atomic E-state index is -3.28. The van der Waals surface area contributed by atoms with Crippen LogP contribution in [0.2, 0.25) is 0 Å². The number of carbonyl (C=O) groups is 1. The number of nitrogen functional groups attached to an aromatic ring is 1. The number of rotatable bonds is 7. The molecule has 0 aliphatic heterocycles. The summed E-state index contributed by atoms with van der Waals surface area (Å²) >= 11 is 0. The summed E-state index contributed by atoms with van der Waals surface area (Å²) in [6.07, 6.45) is 1.12. The van der Waals surface area contributed by atoms with E-state index < -0.39 is 15.7 Å². The van der Waals surface area contributed by atoms with Gasteiger partial charge in [-0.05, 0) is 23.8 Å². The lowest BCUT2D eigenvalue weighted by Crippen LogP contribution is -2.25. The van der Waals surface area contributed by atoms with Crippen LogP contribution in [-0.4, -0.2) is 43.8 Å². The lowest BCUT2D eigenvalue weighted by Gasteiger charge is -2.11. The Labute approximate surface area is 156 Å². The Morgan fingerprint density at radius 3 is 2.56 bits per heavy atom. The van der Waals surface area contributed by atoms with Crippen molar-refractivity contribution in [2.75, 3.05) is 30.5 Å². The van der Waals surface area contributed by atoms with E-state index >= 15 is 0 Å². The summed E-state index contributed by atoms with van der Waals surface area (Å²) in [4.78, 5) is 16.6. The standard InChI is InChI=1S/C17H19N5O4S/c1-27(25,26)12-4-2-11(3-5-12)10-21-17(24)15-8-14(19)13(9-18)16(22-15)20-6-7-23/h2-5,8,23H,6-7,10H2,1H3,(H,21,24)(H3,19,20,22). The molecule has 2 rings (SSSR count). The minimum absolute atomic E-state index is 0.0136. The zero-order chi connectivity index (χ0) is 20.0. The summed E-state index contributed by atoms with van der Waals surface area (Å²) in [6.45, 7) is 0.134. The summed E-state index contributed by atoms with van der Waals surface area (Å²) in [6, 6.07) is 9.33. The summed E-state index contributed by atoms with van der Waals surface area (Å²) in [5, 5.41) is 23.4. The number of aliphatic hydroxyl groups excluding tert-OH is 1. The molecule has 2 aromatic rings. The van der Waals surface area contributed by atoms with Crippen LogP contribution in [0.1, 0.15) is 21.6 Å². The highest BCUT2D eigenvalue weighted by Gasteiger charge is 2.15.